The molecule has 0 radical (unpaired) electrons. The van der Waals surface area contributed by atoms with Gasteiger partial charge in [0.25, 0.3) is 0 Å². The average molecular weight is 560 g/mol. The molecule has 2 saturated carbocycles. The van der Waals surface area contributed by atoms with Gasteiger partial charge in [0.15, 0.2) is 11.7 Å². The zero-order chi connectivity index (χ0) is 27.2. The van der Waals surface area contributed by atoms with E-state index in [1.54, 1.807) is 13.8 Å². The number of ether oxygens (including phenoxy) is 5. The summed E-state index contributed by atoms with van der Waals surface area (Å²) in [4.78, 5) is 52.8. The Morgan fingerprint density at radius 3 is 2.34 bits per heavy atom. The van der Waals surface area contributed by atoms with Crippen LogP contribution in [-0.2, 0) is 42.9 Å². The summed E-state index contributed by atoms with van der Waals surface area (Å²) in [6, 6.07) is -1.06. The van der Waals surface area contributed by atoms with Gasteiger partial charge in [-0.05, 0) is 30.6 Å². The van der Waals surface area contributed by atoms with E-state index in [-0.39, 0.29) is 24.7 Å². The molecule has 12 nitrogen and oxygen atoms in total. The molecule has 6 rings (SSSR count). The first-order chi connectivity index (χ1) is 17.1. The summed E-state index contributed by atoms with van der Waals surface area (Å²) in [7, 11) is 0. The Kier molecular flexibility index (Phi) is 5.51. The molecular weight excluding hydrogens is 526 g/mol. The second kappa shape index (κ2) is 7.60. The smallest absolute Gasteiger partial charge is 0.350 e. The minimum atomic E-state index is -2.32. The topological polar surface area (TPSA) is 181 Å². The summed E-state index contributed by atoms with van der Waals surface area (Å²) in [5, 5.41) is 24.1. The van der Waals surface area contributed by atoms with Crippen molar-refractivity contribution in [2.24, 2.45) is 39.7 Å². The number of halogens is 1. The standard InChI is InChI=1S/C25H33NO11.ClH/c1-8(2)12(26)17(29)35-15-18(30)36-20-22(15)10(21(4,5)6)7-11-23(22)13(27)14-24(32,9(3)16(28)34-14)25(23,37-20)19(31)33-11;/h8-15,20,27,32H,7,26H2,1-6H3;1H/t9-,10+,11?,12?,13+,14?,15+,20?,22?,23?,24-,25?;/m1./s1. The minimum absolute atomic E-state index is 0. The second-order valence-corrected chi connectivity index (χ2v) is 12.9. The van der Waals surface area contributed by atoms with Crippen molar-refractivity contribution in [2.75, 3.05) is 0 Å². The molecule has 4 heterocycles. The van der Waals surface area contributed by atoms with Gasteiger partial charge in [0.2, 0.25) is 18.0 Å². The molecule has 0 aromatic heterocycles. The molecule has 0 aromatic rings. The normalized spacial score (nSPS) is 50.5. The highest BCUT2D eigenvalue weighted by atomic mass is 35.5. The molecule has 0 bridgehead atoms. The van der Waals surface area contributed by atoms with Gasteiger partial charge < -0.3 is 39.6 Å². The third-order valence-electron chi connectivity index (χ3n) is 10.2. The number of esters is 4. The molecule has 6 fully saturated rings. The van der Waals surface area contributed by atoms with Crippen LogP contribution < -0.4 is 5.73 Å². The molecule has 6 aliphatic rings. The molecule has 4 N–H and O–H groups in total. The first-order valence-electron chi connectivity index (χ1n) is 12.7. The zero-order valence-corrected chi connectivity index (χ0v) is 22.8. The summed E-state index contributed by atoms with van der Waals surface area (Å²) >= 11 is 0. The fourth-order valence-corrected chi connectivity index (χ4v) is 8.70. The van der Waals surface area contributed by atoms with E-state index in [2.05, 4.69) is 0 Å². The van der Waals surface area contributed by atoms with Gasteiger partial charge in [-0.1, -0.05) is 34.6 Å². The van der Waals surface area contributed by atoms with Gasteiger partial charge in [-0.15, -0.1) is 12.4 Å². The van der Waals surface area contributed by atoms with Crippen LogP contribution in [0.2, 0.25) is 0 Å². The van der Waals surface area contributed by atoms with Crippen molar-refractivity contribution in [3.05, 3.63) is 0 Å². The Morgan fingerprint density at radius 2 is 1.76 bits per heavy atom. The highest BCUT2D eigenvalue weighted by Crippen LogP contribution is 2.84. The van der Waals surface area contributed by atoms with Crippen molar-refractivity contribution in [3.8, 4) is 0 Å². The molecule has 0 amide bonds. The summed E-state index contributed by atoms with van der Waals surface area (Å²) in [5.41, 5.74) is -2.68. The third-order valence-corrected chi connectivity index (χ3v) is 10.2. The van der Waals surface area contributed by atoms with Crippen molar-refractivity contribution in [3.63, 3.8) is 0 Å². The summed E-state index contributed by atoms with van der Waals surface area (Å²) in [6.45, 7) is 10.6. The van der Waals surface area contributed by atoms with E-state index >= 15 is 0 Å². The number of aliphatic hydroxyl groups excluding tert-OH is 1. The Balaban J connectivity index is 0.00000294. The number of aliphatic hydroxyl groups is 2. The lowest BCUT2D eigenvalue weighted by Crippen LogP contribution is -2.67. The summed E-state index contributed by atoms with van der Waals surface area (Å²) in [5.74, 6) is -5.69. The summed E-state index contributed by atoms with van der Waals surface area (Å²) < 4.78 is 29.0. The van der Waals surface area contributed by atoms with E-state index in [1.807, 2.05) is 20.8 Å². The monoisotopic (exact) mass is 559 g/mol. The number of nitrogens with two attached hydrogens (primary N) is 1. The number of carbonyl (C=O) groups is 4. The first-order valence-corrected chi connectivity index (χ1v) is 12.7. The summed E-state index contributed by atoms with van der Waals surface area (Å²) in [6.07, 6.45) is -7.21. The third kappa shape index (κ3) is 2.41. The van der Waals surface area contributed by atoms with Gasteiger partial charge in [0.05, 0.1) is 16.7 Å². The van der Waals surface area contributed by atoms with E-state index in [9.17, 15) is 29.4 Å². The maximum absolute atomic E-state index is 13.7. The van der Waals surface area contributed by atoms with Crippen molar-refractivity contribution < 1.29 is 53.1 Å². The van der Waals surface area contributed by atoms with Gasteiger partial charge in [-0.3, -0.25) is 9.59 Å². The van der Waals surface area contributed by atoms with Crippen LogP contribution in [0.15, 0.2) is 0 Å². The molecule has 4 saturated heterocycles. The maximum Gasteiger partial charge on any atom is 0.350 e. The van der Waals surface area contributed by atoms with E-state index < -0.39 is 99.9 Å². The van der Waals surface area contributed by atoms with E-state index in [1.165, 1.54) is 6.92 Å². The molecule has 38 heavy (non-hydrogen) atoms. The van der Waals surface area contributed by atoms with Crippen LogP contribution in [0.3, 0.4) is 0 Å². The maximum atomic E-state index is 13.7. The van der Waals surface area contributed by atoms with Crippen molar-refractivity contribution >= 4 is 36.3 Å². The quantitative estimate of drug-likeness (QED) is 0.301. The number of hydrogen-bond donors (Lipinski definition) is 3. The van der Waals surface area contributed by atoms with Gasteiger partial charge in [-0.2, -0.15) is 0 Å². The molecular formula is C25H34ClNO11. The van der Waals surface area contributed by atoms with Crippen LogP contribution in [0.1, 0.15) is 48.0 Å². The largest absolute Gasteiger partial charge is 0.459 e. The van der Waals surface area contributed by atoms with E-state index in [4.69, 9.17) is 29.4 Å². The van der Waals surface area contributed by atoms with E-state index in [0.717, 1.165) is 0 Å². The second-order valence-electron chi connectivity index (χ2n) is 12.9. The number of carbonyl (C=O) groups excluding carboxylic acids is 4. The predicted molar refractivity (Wildman–Crippen MR) is 126 cm³/mol. The van der Waals surface area contributed by atoms with Gasteiger partial charge >= 0.3 is 23.9 Å². The Hall–Kier alpha value is -1.99. The van der Waals surface area contributed by atoms with Crippen molar-refractivity contribution in [1.82, 2.24) is 0 Å². The van der Waals surface area contributed by atoms with Crippen LogP contribution >= 0.6 is 12.4 Å². The average Bonchev–Trinajstić information content (AvgIpc) is 3.51. The van der Waals surface area contributed by atoms with Gasteiger partial charge in [-0.25, -0.2) is 9.59 Å². The van der Waals surface area contributed by atoms with Crippen molar-refractivity contribution in [1.29, 1.82) is 0 Å². The van der Waals surface area contributed by atoms with Gasteiger partial charge in [0.1, 0.15) is 18.2 Å². The minimum Gasteiger partial charge on any atom is -0.459 e. The number of hydrogen-bond acceptors (Lipinski definition) is 12. The molecule has 0 aromatic carbocycles. The Morgan fingerprint density at radius 1 is 1.13 bits per heavy atom. The fourth-order valence-electron chi connectivity index (χ4n) is 8.70. The molecule has 2 spiro atoms. The highest BCUT2D eigenvalue weighted by molar-refractivity contribution is 5.94. The lowest BCUT2D eigenvalue weighted by Gasteiger charge is -2.48. The van der Waals surface area contributed by atoms with Crippen LogP contribution in [-0.4, -0.2) is 82.0 Å². The molecule has 7 unspecified atom stereocenters. The molecule has 2 aliphatic carbocycles. The van der Waals surface area contributed by atoms with Crippen LogP contribution in [0, 0.1) is 34.0 Å². The van der Waals surface area contributed by atoms with Crippen molar-refractivity contribution in [2.45, 2.75) is 95.9 Å². The van der Waals surface area contributed by atoms with Gasteiger partial charge in [0, 0.05) is 0 Å². The lowest BCUT2D eigenvalue weighted by molar-refractivity contribution is -0.240. The van der Waals surface area contributed by atoms with E-state index in [0.29, 0.717) is 0 Å². The lowest BCUT2D eigenvalue weighted by atomic mass is 9.51. The molecule has 212 valence electrons. The highest BCUT2D eigenvalue weighted by Gasteiger charge is 3.04. The number of rotatable bonds is 3. The molecule has 13 heteroatoms. The molecule has 4 aliphatic heterocycles. The first kappa shape index (κ1) is 27.6. The number of fused-ring (bicyclic) bond motifs is 1. The van der Waals surface area contributed by atoms with Crippen LogP contribution in [0.4, 0.5) is 0 Å². The zero-order valence-electron chi connectivity index (χ0n) is 22.0. The molecule has 12 atom stereocenters. The van der Waals surface area contributed by atoms with Crippen LogP contribution in [0.5, 0.6) is 0 Å². The predicted octanol–water partition coefficient (Wildman–Crippen LogP) is -0.413. The SMILES string of the molecule is CC(C)C(N)C(=O)O[C@H]1C(=O)OC2OC34C(=O)OC5C[C@@H](C(C)(C)C)C21C53[C@@H](O)C1OC(=O)[C@@H](C)[C@@]14O.Cl. The fraction of sp³-hybridized carbons (Fsp3) is 0.840. The Labute approximate surface area is 225 Å². The van der Waals surface area contributed by atoms with Crippen LogP contribution in [0.25, 0.3) is 0 Å². The Bertz CT molecular complexity index is 1140.